The lowest BCUT2D eigenvalue weighted by Gasteiger charge is -2.10. The summed E-state index contributed by atoms with van der Waals surface area (Å²) < 4.78 is 7.84. The summed E-state index contributed by atoms with van der Waals surface area (Å²) >= 11 is 1.64. The zero-order valence-corrected chi connectivity index (χ0v) is 17.5. The second-order valence-corrected chi connectivity index (χ2v) is 7.53. The number of aryl methyl sites for hydroxylation is 1. The van der Waals surface area contributed by atoms with Gasteiger partial charge < -0.3 is 19.9 Å². The first kappa shape index (κ1) is 21.8. The minimum absolute atomic E-state index is 0.201. The summed E-state index contributed by atoms with van der Waals surface area (Å²) in [6, 6.07) is 7.03. The van der Waals surface area contributed by atoms with Gasteiger partial charge in [-0.1, -0.05) is 6.92 Å². The minimum Gasteiger partial charge on any atom is -0.486 e. The van der Waals surface area contributed by atoms with E-state index in [2.05, 4.69) is 15.6 Å². The summed E-state index contributed by atoms with van der Waals surface area (Å²) in [7, 11) is 1.97. The molecule has 1 heterocycles. The van der Waals surface area contributed by atoms with Crippen LogP contribution in [0.4, 0.5) is 10.5 Å². The molecule has 2 aromatic rings. The summed E-state index contributed by atoms with van der Waals surface area (Å²) in [5.74, 6) is 3.19. The maximum absolute atomic E-state index is 11.7. The third kappa shape index (κ3) is 7.26. The standard InChI is InChI=1S/C20H28N4O3S/c1-4-10-21-20(26)23-16-5-7-18(8-6-16)27-13-19-22-12-17(24(19)3)9-11-28-14-15(2)25/h5-8,12H,4,9-11,13-14H2,1-3H3,(H2,21,23,26). The number of imidazole rings is 1. The average Bonchev–Trinajstić information content (AvgIpc) is 3.02. The number of hydrogen-bond donors (Lipinski definition) is 2. The predicted octanol–water partition coefficient (Wildman–Crippen LogP) is 3.40. The summed E-state index contributed by atoms with van der Waals surface area (Å²) in [6.45, 7) is 4.62. The van der Waals surface area contributed by atoms with E-state index in [-0.39, 0.29) is 11.8 Å². The fraction of sp³-hybridized carbons (Fsp3) is 0.450. The van der Waals surface area contributed by atoms with Gasteiger partial charge in [-0.3, -0.25) is 4.79 Å². The molecule has 28 heavy (non-hydrogen) atoms. The van der Waals surface area contributed by atoms with E-state index in [9.17, 15) is 9.59 Å². The number of carbonyl (C=O) groups is 2. The number of urea groups is 1. The molecule has 0 radical (unpaired) electrons. The van der Waals surface area contributed by atoms with Gasteiger partial charge in [-0.25, -0.2) is 9.78 Å². The molecule has 0 bridgehead atoms. The van der Waals surface area contributed by atoms with Crippen LogP contribution in [0, 0.1) is 0 Å². The molecule has 0 aliphatic carbocycles. The Balaban J connectivity index is 1.80. The van der Waals surface area contributed by atoms with Gasteiger partial charge in [0.2, 0.25) is 0 Å². The van der Waals surface area contributed by atoms with Crippen LogP contribution in [0.3, 0.4) is 0 Å². The lowest BCUT2D eigenvalue weighted by atomic mass is 10.3. The van der Waals surface area contributed by atoms with Crippen molar-refractivity contribution in [2.24, 2.45) is 7.05 Å². The molecule has 0 saturated heterocycles. The first-order valence-corrected chi connectivity index (χ1v) is 10.5. The van der Waals surface area contributed by atoms with Crippen LogP contribution in [-0.4, -0.2) is 39.4 Å². The molecule has 0 unspecified atom stereocenters. The van der Waals surface area contributed by atoms with Gasteiger partial charge in [0, 0.05) is 31.2 Å². The Hall–Kier alpha value is -2.48. The fourth-order valence-electron chi connectivity index (χ4n) is 2.44. The van der Waals surface area contributed by atoms with Crippen molar-refractivity contribution < 1.29 is 14.3 Å². The van der Waals surface area contributed by atoms with E-state index in [4.69, 9.17) is 4.74 Å². The van der Waals surface area contributed by atoms with Crippen molar-refractivity contribution in [3.8, 4) is 5.75 Å². The first-order valence-electron chi connectivity index (χ1n) is 9.34. The first-order chi connectivity index (χ1) is 13.5. The lowest BCUT2D eigenvalue weighted by molar-refractivity contribution is -0.114. The zero-order valence-electron chi connectivity index (χ0n) is 16.7. The Bertz CT molecular complexity index is 774. The Kier molecular flexibility index (Phi) is 8.87. The normalized spacial score (nSPS) is 10.5. The molecule has 0 spiro atoms. The van der Waals surface area contributed by atoms with E-state index in [0.717, 1.165) is 30.1 Å². The number of benzene rings is 1. The Labute approximate surface area is 170 Å². The maximum atomic E-state index is 11.7. The number of thioether (sulfide) groups is 1. The van der Waals surface area contributed by atoms with Crippen LogP contribution in [-0.2, 0) is 24.9 Å². The van der Waals surface area contributed by atoms with E-state index in [1.807, 2.05) is 36.9 Å². The van der Waals surface area contributed by atoms with Gasteiger partial charge in [-0.2, -0.15) is 11.8 Å². The fourth-order valence-corrected chi connectivity index (χ4v) is 3.23. The highest BCUT2D eigenvalue weighted by Gasteiger charge is 2.08. The van der Waals surface area contributed by atoms with Gasteiger partial charge in [-0.05, 0) is 49.8 Å². The molecule has 1 aromatic carbocycles. The van der Waals surface area contributed by atoms with Crippen LogP contribution in [0.1, 0.15) is 31.8 Å². The summed E-state index contributed by atoms with van der Waals surface area (Å²) in [5, 5.41) is 5.54. The molecule has 152 valence electrons. The molecular weight excluding hydrogens is 376 g/mol. The van der Waals surface area contributed by atoms with Crippen molar-refractivity contribution in [1.29, 1.82) is 0 Å². The molecule has 8 heteroatoms. The number of carbonyl (C=O) groups excluding carboxylic acids is 2. The van der Waals surface area contributed by atoms with Crippen molar-refractivity contribution in [2.75, 3.05) is 23.4 Å². The SMILES string of the molecule is CCCNC(=O)Nc1ccc(OCc2ncc(CCSCC(C)=O)n2C)cc1. The lowest BCUT2D eigenvalue weighted by Crippen LogP contribution is -2.29. The second kappa shape index (κ2) is 11.4. The molecule has 0 atom stereocenters. The number of amides is 2. The van der Waals surface area contributed by atoms with Crippen molar-refractivity contribution in [3.63, 3.8) is 0 Å². The van der Waals surface area contributed by atoms with Crippen LogP contribution >= 0.6 is 11.8 Å². The summed E-state index contributed by atoms with van der Waals surface area (Å²) in [6.07, 6.45) is 3.61. The van der Waals surface area contributed by atoms with Gasteiger partial charge in [0.1, 0.15) is 24.0 Å². The summed E-state index contributed by atoms with van der Waals surface area (Å²) in [4.78, 5) is 27.1. The van der Waals surface area contributed by atoms with Gasteiger partial charge in [0.25, 0.3) is 0 Å². The molecular formula is C20H28N4O3S. The Morgan fingerprint density at radius 3 is 2.68 bits per heavy atom. The van der Waals surface area contributed by atoms with Gasteiger partial charge in [-0.15, -0.1) is 0 Å². The van der Waals surface area contributed by atoms with Crippen molar-refractivity contribution >= 4 is 29.3 Å². The van der Waals surface area contributed by atoms with Crippen molar-refractivity contribution in [1.82, 2.24) is 14.9 Å². The van der Waals surface area contributed by atoms with Crippen LogP contribution in [0.25, 0.3) is 0 Å². The molecule has 0 saturated carbocycles. The van der Waals surface area contributed by atoms with E-state index in [1.165, 1.54) is 0 Å². The van der Waals surface area contributed by atoms with E-state index < -0.39 is 0 Å². The smallest absolute Gasteiger partial charge is 0.319 e. The predicted molar refractivity (Wildman–Crippen MR) is 113 cm³/mol. The molecule has 7 nitrogen and oxygen atoms in total. The number of rotatable bonds is 11. The highest BCUT2D eigenvalue weighted by molar-refractivity contribution is 7.99. The number of Topliss-reactive ketones (excluding diaryl/α,β-unsaturated/α-hetero) is 1. The quantitative estimate of drug-likeness (QED) is 0.561. The number of hydrogen-bond acceptors (Lipinski definition) is 5. The third-order valence-corrected chi connectivity index (χ3v) is 5.11. The molecule has 0 fully saturated rings. The number of aromatic nitrogens is 2. The molecule has 1 aromatic heterocycles. The summed E-state index contributed by atoms with van der Waals surface area (Å²) in [5.41, 5.74) is 1.83. The van der Waals surface area contributed by atoms with Crippen molar-refractivity contribution in [3.05, 3.63) is 42.0 Å². The van der Waals surface area contributed by atoms with E-state index in [1.54, 1.807) is 30.8 Å². The molecule has 0 aliphatic rings. The topological polar surface area (TPSA) is 85.2 Å². The number of nitrogens with zero attached hydrogens (tertiary/aromatic N) is 2. The van der Waals surface area contributed by atoms with Crippen LogP contribution in [0.5, 0.6) is 5.75 Å². The molecule has 2 rings (SSSR count). The second-order valence-electron chi connectivity index (χ2n) is 6.42. The highest BCUT2D eigenvalue weighted by Crippen LogP contribution is 2.17. The zero-order chi connectivity index (χ0) is 20.4. The van der Waals surface area contributed by atoms with Crippen molar-refractivity contribution in [2.45, 2.75) is 33.3 Å². The largest absolute Gasteiger partial charge is 0.486 e. The van der Waals surface area contributed by atoms with E-state index in [0.29, 0.717) is 30.3 Å². The molecule has 0 aliphatic heterocycles. The van der Waals surface area contributed by atoms with Crippen LogP contribution < -0.4 is 15.4 Å². The number of ketones is 1. The van der Waals surface area contributed by atoms with Crippen LogP contribution in [0.2, 0.25) is 0 Å². The average molecular weight is 405 g/mol. The molecule has 2 amide bonds. The highest BCUT2D eigenvalue weighted by atomic mass is 32.2. The minimum atomic E-state index is -0.211. The molecule has 2 N–H and O–H groups in total. The maximum Gasteiger partial charge on any atom is 0.319 e. The third-order valence-electron chi connectivity index (χ3n) is 4.00. The van der Waals surface area contributed by atoms with E-state index >= 15 is 0 Å². The Morgan fingerprint density at radius 1 is 1.25 bits per heavy atom. The van der Waals surface area contributed by atoms with Gasteiger partial charge in [0.15, 0.2) is 0 Å². The van der Waals surface area contributed by atoms with Gasteiger partial charge in [0.05, 0.1) is 5.75 Å². The number of nitrogens with one attached hydrogen (secondary N) is 2. The number of anilines is 1. The Morgan fingerprint density at radius 2 is 2.00 bits per heavy atom. The van der Waals surface area contributed by atoms with Crippen LogP contribution in [0.15, 0.2) is 30.5 Å². The van der Waals surface area contributed by atoms with Gasteiger partial charge >= 0.3 is 6.03 Å². The monoisotopic (exact) mass is 404 g/mol. The number of ether oxygens (including phenoxy) is 1.